The molecule has 156 valence electrons. The summed E-state index contributed by atoms with van der Waals surface area (Å²) in [4.78, 5) is 19.5. The van der Waals surface area contributed by atoms with Crippen molar-refractivity contribution in [1.82, 2.24) is 20.0 Å². The first-order valence-electron chi connectivity index (χ1n) is 11.0. The van der Waals surface area contributed by atoms with Crippen LogP contribution in [0.25, 0.3) is 0 Å². The molecule has 2 amide bonds. The molecule has 1 atom stereocenters. The number of rotatable bonds is 7. The highest BCUT2D eigenvalue weighted by Gasteiger charge is 2.22. The SMILES string of the molecule is CC(C)N1CCC[C@@H](CNC(=O)N(C)Cc2ccccc2CN2CCCC2)C1. The lowest BCUT2D eigenvalue weighted by Gasteiger charge is -2.35. The Kier molecular flexibility index (Phi) is 7.74. The van der Waals surface area contributed by atoms with Crippen molar-refractivity contribution in [2.45, 2.75) is 58.7 Å². The number of carbonyl (C=O) groups is 1. The van der Waals surface area contributed by atoms with E-state index in [1.165, 1.54) is 56.4 Å². The Hall–Kier alpha value is -1.59. The van der Waals surface area contributed by atoms with Gasteiger partial charge in [-0.1, -0.05) is 24.3 Å². The molecule has 28 heavy (non-hydrogen) atoms. The fourth-order valence-electron chi connectivity index (χ4n) is 4.47. The number of benzene rings is 1. The molecule has 5 heteroatoms. The summed E-state index contributed by atoms with van der Waals surface area (Å²) >= 11 is 0. The lowest BCUT2D eigenvalue weighted by Crippen LogP contribution is -2.45. The van der Waals surface area contributed by atoms with E-state index in [1.54, 1.807) is 0 Å². The van der Waals surface area contributed by atoms with Crippen molar-refractivity contribution in [2.24, 2.45) is 5.92 Å². The molecule has 3 rings (SSSR count). The molecule has 2 aliphatic heterocycles. The van der Waals surface area contributed by atoms with Crippen LogP contribution in [0.4, 0.5) is 4.79 Å². The monoisotopic (exact) mass is 386 g/mol. The summed E-state index contributed by atoms with van der Waals surface area (Å²) in [5.74, 6) is 0.566. The number of amides is 2. The maximum Gasteiger partial charge on any atom is 0.317 e. The van der Waals surface area contributed by atoms with Crippen LogP contribution in [-0.4, -0.2) is 66.5 Å². The first kappa shape index (κ1) is 21.1. The van der Waals surface area contributed by atoms with E-state index in [4.69, 9.17) is 0 Å². The number of urea groups is 1. The van der Waals surface area contributed by atoms with Crippen molar-refractivity contribution in [3.05, 3.63) is 35.4 Å². The molecule has 0 bridgehead atoms. The standard InChI is InChI=1S/C23H38N4O/c1-19(2)27-14-8-9-20(16-27)15-24-23(28)25(3)17-21-10-4-5-11-22(21)18-26-12-6-7-13-26/h4-5,10-11,19-20H,6-9,12-18H2,1-3H3,(H,24,28)/t20-/m0/s1. The third kappa shape index (κ3) is 5.95. The lowest BCUT2D eigenvalue weighted by atomic mass is 9.97. The second kappa shape index (κ2) is 10.3. The van der Waals surface area contributed by atoms with Crippen LogP contribution in [0.1, 0.15) is 50.7 Å². The van der Waals surface area contributed by atoms with Gasteiger partial charge in [-0.05, 0) is 76.2 Å². The first-order valence-corrected chi connectivity index (χ1v) is 11.0. The zero-order chi connectivity index (χ0) is 19.9. The topological polar surface area (TPSA) is 38.8 Å². The van der Waals surface area contributed by atoms with Crippen molar-refractivity contribution in [1.29, 1.82) is 0 Å². The molecule has 1 N–H and O–H groups in total. The fourth-order valence-corrected chi connectivity index (χ4v) is 4.47. The number of nitrogens with zero attached hydrogens (tertiary/aromatic N) is 3. The molecule has 2 saturated heterocycles. The highest BCUT2D eigenvalue weighted by Crippen LogP contribution is 2.19. The van der Waals surface area contributed by atoms with Crippen LogP contribution in [-0.2, 0) is 13.1 Å². The summed E-state index contributed by atoms with van der Waals surface area (Å²) in [6.45, 7) is 11.6. The minimum absolute atomic E-state index is 0.0395. The maximum absolute atomic E-state index is 12.7. The van der Waals surface area contributed by atoms with Gasteiger partial charge in [0.2, 0.25) is 0 Å². The molecule has 2 heterocycles. The van der Waals surface area contributed by atoms with E-state index in [1.807, 2.05) is 11.9 Å². The van der Waals surface area contributed by atoms with Crippen LogP contribution in [0, 0.1) is 5.92 Å². The summed E-state index contributed by atoms with van der Waals surface area (Å²) in [6.07, 6.45) is 5.06. The molecule has 2 fully saturated rings. The van der Waals surface area contributed by atoms with E-state index in [0.717, 1.165) is 19.6 Å². The van der Waals surface area contributed by atoms with Crippen LogP contribution >= 0.6 is 0 Å². The van der Waals surface area contributed by atoms with Gasteiger partial charge in [0.1, 0.15) is 0 Å². The van der Waals surface area contributed by atoms with Crippen LogP contribution in [0.2, 0.25) is 0 Å². The van der Waals surface area contributed by atoms with E-state index in [2.05, 4.69) is 53.2 Å². The van der Waals surface area contributed by atoms with Crippen LogP contribution in [0.5, 0.6) is 0 Å². The molecule has 1 aromatic carbocycles. The molecule has 0 aromatic heterocycles. The number of nitrogens with one attached hydrogen (secondary N) is 1. The Labute approximate surface area is 171 Å². The van der Waals surface area contributed by atoms with Gasteiger partial charge in [0, 0.05) is 39.3 Å². The van der Waals surface area contributed by atoms with E-state index >= 15 is 0 Å². The van der Waals surface area contributed by atoms with Gasteiger partial charge in [0.15, 0.2) is 0 Å². The molecule has 0 saturated carbocycles. The summed E-state index contributed by atoms with van der Waals surface area (Å²) in [7, 11) is 1.91. The summed E-state index contributed by atoms with van der Waals surface area (Å²) in [5.41, 5.74) is 2.61. The average Bonchev–Trinajstić information content (AvgIpc) is 3.21. The summed E-state index contributed by atoms with van der Waals surface area (Å²) < 4.78 is 0. The molecular formula is C23H38N4O. The van der Waals surface area contributed by atoms with E-state index in [0.29, 0.717) is 18.5 Å². The predicted molar refractivity (Wildman–Crippen MR) is 115 cm³/mol. The van der Waals surface area contributed by atoms with Crippen molar-refractivity contribution < 1.29 is 4.79 Å². The predicted octanol–water partition coefficient (Wildman–Crippen LogP) is 3.54. The van der Waals surface area contributed by atoms with Crippen LogP contribution in [0.3, 0.4) is 0 Å². The minimum Gasteiger partial charge on any atom is -0.338 e. The van der Waals surface area contributed by atoms with E-state index in [9.17, 15) is 4.79 Å². The number of hydrogen-bond donors (Lipinski definition) is 1. The normalized spacial score (nSPS) is 21.2. The molecule has 5 nitrogen and oxygen atoms in total. The second-order valence-electron chi connectivity index (χ2n) is 8.89. The quantitative estimate of drug-likeness (QED) is 0.779. The van der Waals surface area contributed by atoms with Crippen molar-refractivity contribution in [3.8, 4) is 0 Å². The highest BCUT2D eigenvalue weighted by atomic mass is 16.2. The molecule has 1 aromatic rings. The summed E-state index contributed by atoms with van der Waals surface area (Å²) in [5, 5.41) is 3.17. The molecule has 0 spiro atoms. The molecule has 2 aliphatic rings. The Balaban J connectivity index is 1.49. The number of likely N-dealkylation sites (tertiary alicyclic amines) is 2. The largest absolute Gasteiger partial charge is 0.338 e. The van der Waals surface area contributed by atoms with Crippen LogP contribution in [0.15, 0.2) is 24.3 Å². The van der Waals surface area contributed by atoms with Gasteiger partial charge in [-0.15, -0.1) is 0 Å². The van der Waals surface area contributed by atoms with E-state index < -0.39 is 0 Å². The Morgan fingerprint density at radius 1 is 1.14 bits per heavy atom. The van der Waals surface area contributed by atoms with Gasteiger partial charge >= 0.3 is 6.03 Å². The van der Waals surface area contributed by atoms with Crippen molar-refractivity contribution in [2.75, 3.05) is 39.8 Å². The van der Waals surface area contributed by atoms with E-state index in [-0.39, 0.29) is 6.03 Å². The van der Waals surface area contributed by atoms with Gasteiger partial charge < -0.3 is 15.1 Å². The summed E-state index contributed by atoms with van der Waals surface area (Å²) in [6, 6.07) is 9.19. The third-order valence-electron chi connectivity index (χ3n) is 6.29. The first-order chi connectivity index (χ1) is 13.5. The Morgan fingerprint density at radius 3 is 2.57 bits per heavy atom. The molecule has 0 unspecified atom stereocenters. The zero-order valence-corrected chi connectivity index (χ0v) is 18.0. The highest BCUT2D eigenvalue weighted by molar-refractivity contribution is 5.73. The Bertz CT molecular complexity index is 627. The third-order valence-corrected chi connectivity index (χ3v) is 6.29. The van der Waals surface area contributed by atoms with Crippen molar-refractivity contribution in [3.63, 3.8) is 0 Å². The van der Waals surface area contributed by atoms with Gasteiger partial charge in [-0.25, -0.2) is 4.79 Å². The van der Waals surface area contributed by atoms with Crippen molar-refractivity contribution >= 4 is 6.03 Å². The lowest BCUT2D eigenvalue weighted by molar-refractivity contribution is 0.137. The zero-order valence-electron chi connectivity index (χ0n) is 18.0. The van der Waals surface area contributed by atoms with Gasteiger partial charge in [-0.2, -0.15) is 0 Å². The van der Waals surface area contributed by atoms with Crippen LogP contribution < -0.4 is 5.32 Å². The second-order valence-corrected chi connectivity index (χ2v) is 8.89. The molecule has 0 aliphatic carbocycles. The maximum atomic E-state index is 12.7. The Morgan fingerprint density at radius 2 is 1.86 bits per heavy atom. The van der Waals surface area contributed by atoms with Gasteiger partial charge in [-0.3, -0.25) is 4.90 Å². The molecule has 0 radical (unpaired) electrons. The number of piperidine rings is 1. The minimum atomic E-state index is 0.0395. The van der Waals surface area contributed by atoms with Gasteiger partial charge in [0.05, 0.1) is 0 Å². The fraction of sp³-hybridized carbons (Fsp3) is 0.696. The number of carbonyl (C=O) groups excluding carboxylic acids is 1. The average molecular weight is 387 g/mol. The smallest absolute Gasteiger partial charge is 0.317 e. The molecular weight excluding hydrogens is 348 g/mol. The van der Waals surface area contributed by atoms with Gasteiger partial charge in [0.25, 0.3) is 0 Å². The number of hydrogen-bond acceptors (Lipinski definition) is 3.